The molecule has 128 heavy (non-hydrogen) atoms. The first-order chi connectivity index (χ1) is 62.9. The van der Waals surface area contributed by atoms with Gasteiger partial charge in [-0.15, -0.1) is 45.3 Å². The highest BCUT2D eigenvalue weighted by Gasteiger charge is 2.30. The first-order valence-electron chi connectivity index (χ1n) is 48.1. The van der Waals surface area contributed by atoms with Gasteiger partial charge < -0.3 is 43.5 Å². The number of nitrogens with zero attached hydrogens (tertiary/aromatic N) is 2. The number of rotatable bonds is 39. The zero-order chi connectivity index (χ0) is 88.2. The molecule has 0 saturated carbocycles. The predicted molar refractivity (Wildman–Crippen MR) is 558 cm³/mol. The first kappa shape index (κ1) is 93.4. The Kier molecular flexibility index (Phi) is 33.6. The fourth-order valence-electron chi connectivity index (χ4n) is 19.6. The number of ether oxygens (including phenoxy) is 6. The SMILES string of the molecule is CCCCC(CC)CCc1c2cc(Br)sc2c(CCC(CC)CCCC)c2cc(Br)sc12.CCCCC(CC)CCc1c2cc(N(c3ccc(C4OCCO4)cc3)c3cccc4ccccc34)sc2c(CCC(CC)CCCC)c2cc(N(c3ccc(C4OCCO4)cc3)c3cccc4ccccc34)sc12.c1ccc2c(Nc3ccc(C4OCCO4)cc3)cccc2c1. The van der Waals surface area contributed by atoms with Crippen LogP contribution in [-0.4, -0.2) is 39.6 Å². The van der Waals surface area contributed by atoms with Crippen molar-refractivity contribution in [2.24, 2.45) is 23.7 Å². The highest BCUT2D eigenvalue weighted by Crippen LogP contribution is 2.54. The third kappa shape index (κ3) is 22.2. The maximum absolute atomic E-state index is 5.97. The van der Waals surface area contributed by atoms with Crippen molar-refractivity contribution in [1.29, 1.82) is 0 Å². The number of nitrogens with one attached hydrogen (secondary N) is 1. The molecule has 0 radical (unpaired) electrons. The maximum atomic E-state index is 5.97. The largest absolute Gasteiger partial charge is 0.355 e. The summed E-state index contributed by atoms with van der Waals surface area (Å²) in [5, 5.41) is 19.2. The van der Waals surface area contributed by atoms with Crippen LogP contribution in [0.25, 0.3) is 72.7 Å². The lowest BCUT2D eigenvalue weighted by Crippen LogP contribution is -2.09. The molecule has 3 fully saturated rings. The van der Waals surface area contributed by atoms with E-state index in [-0.39, 0.29) is 18.9 Å². The molecular formula is C113H129Br2N3O6S4. The summed E-state index contributed by atoms with van der Waals surface area (Å²) in [5.41, 5.74) is 16.1. The van der Waals surface area contributed by atoms with Crippen LogP contribution in [-0.2, 0) is 54.1 Å². The van der Waals surface area contributed by atoms with Gasteiger partial charge in [-0.05, 0) is 246 Å². The van der Waals surface area contributed by atoms with E-state index in [1.54, 1.807) is 11.1 Å². The van der Waals surface area contributed by atoms with Gasteiger partial charge >= 0.3 is 0 Å². The summed E-state index contributed by atoms with van der Waals surface area (Å²) in [6, 6.07) is 81.9. The maximum Gasteiger partial charge on any atom is 0.184 e. The quantitative estimate of drug-likeness (QED) is 0.0406. The minimum absolute atomic E-state index is 0.216. The van der Waals surface area contributed by atoms with E-state index in [0.29, 0.717) is 51.5 Å². The fourth-order valence-corrected chi connectivity index (χ4v) is 25.6. The fraction of sp³-hybridized carbons (Fsp3) is 0.398. The van der Waals surface area contributed by atoms with E-state index in [1.165, 1.54) is 254 Å². The molecular weight excluding hydrogens is 1780 g/mol. The molecule has 3 aliphatic heterocycles. The highest BCUT2D eigenvalue weighted by atomic mass is 79.9. The van der Waals surface area contributed by atoms with Crippen molar-refractivity contribution in [2.75, 3.05) is 54.8 Å². The lowest BCUT2D eigenvalue weighted by Gasteiger charge is -2.25. The molecule has 15 heteroatoms. The van der Waals surface area contributed by atoms with Gasteiger partial charge in [-0.3, -0.25) is 0 Å². The van der Waals surface area contributed by atoms with Gasteiger partial charge in [-0.1, -0.05) is 304 Å². The third-order valence-electron chi connectivity index (χ3n) is 27.0. The Morgan fingerprint density at radius 2 is 0.609 bits per heavy atom. The molecule has 0 bridgehead atoms. The molecule has 7 heterocycles. The molecule has 0 amide bonds. The van der Waals surface area contributed by atoms with Gasteiger partial charge in [0.2, 0.25) is 0 Å². The molecule has 0 spiro atoms. The number of fused-ring (bicyclic) bond motifs is 7. The topological polar surface area (TPSA) is 73.9 Å². The van der Waals surface area contributed by atoms with Gasteiger partial charge in [-0.2, -0.15) is 0 Å². The Hall–Kier alpha value is -7.84. The Morgan fingerprint density at radius 3 is 0.953 bits per heavy atom. The monoisotopic (exact) mass is 1910 g/mol. The van der Waals surface area contributed by atoms with Crippen molar-refractivity contribution in [3.8, 4) is 0 Å². The minimum atomic E-state index is -0.326. The van der Waals surface area contributed by atoms with Crippen LogP contribution in [0.2, 0.25) is 0 Å². The van der Waals surface area contributed by atoms with Crippen LogP contribution in [0.15, 0.2) is 232 Å². The second-order valence-corrected chi connectivity index (χ2v) is 42.2. The van der Waals surface area contributed by atoms with Crippen molar-refractivity contribution in [1.82, 2.24) is 0 Å². The van der Waals surface area contributed by atoms with Gasteiger partial charge in [0.05, 0.1) is 58.6 Å². The molecule has 3 saturated heterocycles. The van der Waals surface area contributed by atoms with Gasteiger partial charge in [0, 0.05) is 74.4 Å². The summed E-state index contributed by atoms with van der Waals surface area (Å²) in [4.78, 5) is 5.06. The van der Waals surface area contributed by atoms with Crippen molar-refractivity contribution in [3.05, 3.63) is 271 Å². The van der Waals surface area contributed by atoms with Gasteiger partial charge in [0.15, 0.2) is 18.9 Å². The van der Waals surface area contributed by atoms with E-state index < -0.39 is 0 Å². The Balaban J connectivity index is 0.000000180. The lowest BCUT2D eigenvalue weighted by molar-refractivity contribution is -0.0443. The summed E-state index contributed by atoms with van der Waals surface area (Å²) in [5.74, 6) is 3.07. The van der Waals surface area contributed by atoms with E-state index in [0.717, 1.165) is 64.1 Å². The zero-order valence-electron chi connectivity index (χ0n) is 76.3. The van der Waals surface area contributed by atoms with E-state index >= 15 is 0 Å². The lowest BCUT2D eigenvalue weighted by atomic mass is 9.88. The van der Waals surface area contributed by atoms with Crippen LogP contribution in [0.5, 0.6) is 0 Å². The van der Waals surface area contributed by atoms with E-state index in [1.807, 2.05) is 57.5 Å². The third-order valence-corrected chi connectivity index (χ3v) is 32.8. The highest BCUT2D eigenvalue weighted by molar-refractivity contribution is 9.11. The standard InChI is InChI=1S/C66H72N2O4S2.C28H40Br2S2.C19H17NO2/c1-5-9-17-45(7-3)27-37-55-57-43-61(67(59-25-15-21-47-19-11-13-23-53(47)59)51-33-29-49(30-34-51)65-69-39-40-70-65)74-64(57)56(38-28-46(8-4)18-10-6-2)58-44-62(73-63(55)58)68(60-26-16-22-48-20-12-14-24-54(48)60)52-35-31-50(32-36-52)66-71-41-42-72-66;1-5-9-11-19(7-3)13-15-21-23-17-25(29)32-28(23)22(24-18-26(30)31-27(21)24)16-14-20(8-4)12-10-6-2;1-2-6-17-14(4-1)5-3-7-18(17)20-16-10-8-15(9-11-16)19-21-12-13-22-19/h11-16,19-26,29-36,43-46,65-66H,5-10,17-18,27-28,37-42H2,1-4H3;17-20H,5-16H2,1-4H3;1-11,19-20H,12-13H2. The average Bonchev–Trinajstić information content (AvgIpc) is 1.56. The molecule has 4 aromatic heterocycles. The summed E-state index contributed by atoms with van der Waals surface area (Å²) < 4.78 is 43.4. The predicted octanol–water partition coefficient (Wildman–Crippen LogP) is 36.3. The van der Waals surface area contributed by atoms with E-state index in [9.17, 15) is 0 Å². The molecule has 4 atom stereocenters. The number of anilines is 8. The Labute approximate surface area is 793 Å². The number of halogens is 2. The molecule has 670 valence electrons. The van der Waals surface area contributed by atoms with Crippen molar-refractivity contribution < 1.29 is 28.4 Å². The number of thiophene rings is 4. The van der Waals surface area contributed by atoms with Gasteiger partial charge in [0.1, 0.15) is 10.0 Å². The molecule has 3 aliphatic rings. The molecule has 0 aliphatic carbocycles. The van der Waals surface area contributed by atoms with Crippen LogP contribution in [0.1, 0.15) is 242 Å². The van der Waals surface area contributed by atoms with Crippen molar-refractivity contribution >= 4 is 194 Å². The molecule has 18 rings (SSSR count). The van der Waals surface area contributed by atoms with Crippen molar-refractivity contribution in [2.45, 2.75) is 228 Å². The number of unbranched alkanes of at least 4 members (excludes halogenated alkanes) is 4. The van der Waals surface area contributed by atoms with Crippen LogP contribution in [0.3, 0.4) is 0 Å². The number of benzene rings is 11. The summed E-state index contributed by atoms with van der Waals surface area (Å²) >= 11 is 15.6. The molecule has 11 aromatic carbocycles. The zero-order valence-corrected chi connectivity index (χ0v) is 82.8. The van der Waals surface area contributed by atoms with Gasteiger partial charge in [0.25, 0.3) is 0 Å². The summed E-state index contributed by atoms with van der Waals surface area (Å²) in [6.45, 7) is 22.7. The normalized spacial score (nSPS) is 15.0. The van der Waals surface area contributed by atoms with Gasteiger partial charge in [-0.25, -0.2) is 0 Å². The summed E-state index contributed by atoms with van der Waals surface area (Å²) in [7, 11) is 0. The van der Waals surface area contributed by atoms with Crippen LogP contribution in [0, 0.1) is 23.7 Å². The number of aryl methyl sites for hydroxylation is 4. The molecule has 9 nitrogen and oxygen atoms in total. The average molecular weight is 1910 g/mol. The number of hydrogen-bond acceptors (Lipinski definition) is 13. The summed E-state index contributed by atoms with van der Waals surface area (Å²) in [6.07, 6.45) is 29.3. The van der Waals surface area contributed by atoms with Crippen molar-refractivity contribution in [3.63, 3.8) is 0 Å². The van der Waals surface area contributed by atoms with E-state index in [2.05, 4.69) is 315 Å². The Bertz CT molecular complexity index is 5660. The molecule has 1 N–H and O–H groups in total. The second kappa shape index (κ2) is 46.0. The molecule has 4 unspecified atom stereocenters. The minimum Gasteiger partial charge on any atom is -0.355 e. The Morgan fingerprint density at radius 1 is 0.312 bits per heavy atom. The van der Waals surface area contributed by atoms with Crippen LogP contribution in [0.4, 0.5) is 44.1 Å². The van der Waals surface area contributed by atoms with Crippen LogP contribution < -0.4 is 15.1 Å². The molecule has 15 aromatic rings. The number of hydrogen-bond donors (Lipinski definition) is 1. The second-order valence-electron chi connectivity index (χ2n) is 35.3. The first-order valence-corrected chi connectivity index (χ1v) is 52.9. The smallest absolute Gasteiger partial charge is 0.184 e. The van der Waals surface area contributed by atoms with E-state index in [4.69, 9.17) is 28.4 Å². The van der Waals surface area contributed by atoms with Crippen LogP contribution >= 0.6 is 77.2 Å².